The van der Waals surface area contributed by atoms with Gasteiger partial charge in [0.25, 0.3) is 0 Å². The Morgan fingerprint density at radius 3 is 2.72 bits per heavy atom. The Kier molecular flexibility index (Phi) is 4.02. The van der Waals surface area contributed by atoms with Gasteiger partial charge < -0.3 is 5.11 Å². The molecular weight excluding hydrogens is 226 g/mol. The zero-order valence-electron chi connectivity index (χ0n) is 11.0. The van der Waals surface area contributed by atoms with Crippen LogP contribution >= 0.6 is 0 Å². The SMILES string of the molecule is CC(CN1CCC(C)C1C(=O)O)c1ccccc1. The van der Waals surface area contributed by atoms with Crippen molar-refractivity contribution >= 4 is 5.97 Å². The van der Waals surface area contributed by atoms with Crippen LogP contribution in [0.15, 0.2) is 30.3 Å². The van der Waals surface area contributed by atoms with E-state index in [1.165, 1.54) is 5.56 Å². The molecule has 3 atom stereocenters. The molecule has 98 valence electrons. The molecule has 3 heteroatoms. The summed E-state index contributed by atoms with van der Waals surface area (Å²) in [5.41, 5.74) is 1.28. The molecule has 3 nitrogen and oxygen atoms in total. The number of carboxylic acids is 1. The molecule has 0 aliphatic carbocycles. The highest BCUT2D eigenvalue weighted by molar-refractivity contribution is 5.74. The zero-order chi connectivity index (χ0) is 13.1. The predicted octanol–water partition coefficient (Wildman–Crippen LogP) is 2.59. The maximum absolute atomic E-state index is 11.3. The van der Waals surface area contributed by atoms with Crippen molar-refractivity contribution in [3.63, 3.8) is 0 Å². The van der Waals surface area contributed by atoms with E-state index in [2.05, 4.69) is 24.0 Å². The fourth-order valence-electron chi connectivity index (χ4n) is 2.87. The van der Waals surface area contributed by atoms with Crippen LogP contribution in [0.25, 0.3) is 0 Å². The highest BCUT2D eigenvalue weighted by Crippen LogP contribution is 2.27. The third kappa shape index (κ3) is 2.72. The van der Waals surface area contributed by atoms with Gasteiger partial charge in [0.1, 0.15) is 6.04 Å². The maximum Gasteiger partial charge on any atom is 0.321 e. The van der Waals surface area contributed by atoms with Gasteiger partial charge in [0.15, 0.2) is 0 Å². The number of carbonyl (C=O) groups is 1. The van der Waals surface area contributed by atoms with E-state index < -0.39 is 5.97 Å². The van der Waals surface area contributed by atoms with E-state index in [0.29, 0.717) is 5.92 Å². The summed E-state index contributed by atoms with van der Waals surface area (Å²) in [6.07, 6.45) is 0.985. The molecule has 2 rings (SSSR count). The number of carboxylic acid groups (broad SMARTS) is 1. The predicted molar refractivity (Wildman–Crippen MR) is 71.6 cm³/mol. The van der Waals surface area contributed by atoms with Gasteiger partial charge in [-0.25, -0.2) is 0 Å². The molecule has 1 heterocycles. The summed E-state index contributed by atoms with van der Waals surface area (Å²) in [5, 5.41) is 9.30. The summed E-state index contributed by atoms with van der Waals surface area (Å²) in [5.74, 6) is -0.0518. The lowest BCUT2D eigenvalue weighted by Crippen LogP contribution is -2.40. The van der Waals surface area contributed by atoms with Gasteiger partial charge >= 0.3 is 5.97 Å². The lowest BCUT2D eigenvalue weighted by molar-refractivity contribution is -0.143. The van der Waals surface area contributed by atoms with E-state index in [1.54, 1.807) is 0 Å². The molecule has 0 radical (unpaired) electrons. The van der Waals surface area contributed by atoms with Crippen LogP contribution in [-0.4, -0.2) is 35.1 Å². The Morgan fingerprint density at radius 1 is 1.44 bits per heavy atom. The van der Waals surface area contributed by atoms with E-state index in [-0.39, 0.29) is 12.0 Å². The van der Waals surface area contributed by atoms with Crippen LogP contribution in [0.2, 0.25) is 0 Å². The van der Waals surface area contributed by atoms with E-state index in [0.717, 1.165) is 19.5 Å². The smallest absolute Gasteiger partial charge is 0.321 e. The van der Waals surface area contributed by atoms with E-state index >= 15 is 0 Å². The Labute approximate surface area is 108 Å². The van der Waals surface area contributed by atoms with Crippen LogP contribution in [0.4, 0.5) is 0 Å². The van der Waals surface area contributed by atoms with Gasteiger partial charge in [-0.05, 0) is 30.4 Å². The van der Waals surface area contributed by atoms with Crippen LogP contribution in [0.3, 0.4) is 0 Å². The molecule has 1 fully saturated rings. The van der Waals surface area contributed by atoms with E-state index in [4.69, 9.17) is 0 Å². The third-order valence-electron chi connectivity index (χ3n) is 3.93. The number of benzene rings is 1. The van der Waals surface area contributed by atoms with Crippen molar-refractivity contribution in [2.45, 2.75) is 32.2 Å². The summed E-state index contributed by atoms with van der Waals surface area (Å²) in [7, 11) is 0. The first-order valence-electron chi connectivity index (χ1n) is 6.61. The number of rotatable bonds is 4. The van der Waals surface area contributed by atoms with Crippen molar-refractivity contribution in [1.29, 1.82) is 0 Å². The van der Waals surface area contributed by atoms with Gasteiger partial charge in [-0.3, -0.25) is 9.69 Å². The summed E-state index contributed by atoms with van der Waals surface area (Å²) in [6.45, 7) is 5.92. The van der Waals surface area contributed by atoms with Crippen molar-refractivity contribution in [1.82, 2.24) is 4.90 Å². The maximum atomic E-state index is 11.3. The van der Waals surface area contributed by atoms with Crippen LogP contribution in [0.5, 0.6) is 0 Å². The third-order valence-corrected chi connectivity index (χ3v) is 3.93. The highest BCUT2D eigenvalue weighted by Gasteiger charge is 2.36. The average molecular weight is 247 g/mol. The first-order valence-corrected chi connectivity index (χ1v) is 6.61. The molecule has 0 amide bonds. The molecular formula is C15H21NO2. The van der Waals surface area contributed by atoms with Crippen molar-refractivity contribution in [2.24, 2.45) is 5.92 Å². The normalized spacial score (nSPS) is 26.1. The lowest BCUT2D eigenvalue weighted by atomic mass is 9.99. The molecule has 18 heavy (non-hydrogen) atoms. The number of aliphatic carboxylic acids is 1. The number of nitrogens with zero attached hydrogens (tertiary/aromatic N) is 1. The minimum Gasteiger partial charge on any atom is -0.480 e. The fraction of sp³-hybridized carbons (Fsp3) is 0.533. The molecule has 1 aliphatic heterocycles. The summed E-state index contributed by atoms with van der Waals surface area (Å²) in [4.78, 5) is 13.4. The van der Waals surface area contributed by atoms with Crippen molar-refractivity contribution in [3.05, 3.63) is 35.9 Å². The molecule has 1 aromatic rings. The molecule has 0 aromatic heterocycles. The van der Waals surface area contributed by atoms with Crippen LogP contribution in [0, 0.1) is 5.92 Å². The topological polar surface area (TPSA) is 40.5 Å². The van der Waals surface area contributed by atoms with Gasteiger partial charge in [-0.15, -0.1) is 0 Å². The second kappa shape index (κ2) is 5.53. The largest absolute Gasteiger partial charge is 0.480 e. The minimum absolute atomic E-state index is 0.255. The molecule has 1 aliphatic rings. The van der Waals surface area contributed by atoms with E-state index in [1.807, 2.05) is 25.1 Å². The molecule has 0 saturated carbocycles. The minimum atomic E-state index is -0.680. The van der Waals surface area contributed by atoms with Crippen molar-refractivity contribution in [2.75, 3.05) is 13.1 Å². The summed E-state index contributed by atoms with van der Waals surface area (Å²) < 4.78 is 0. The molecule has 3 unspecified atom stereocenters. The Morgan fingerprint density at radius 2 is 2.11 bits per heavy atom. The summed E-state index contributed by atoms with van der Waals surface area (Å²) >= 11 is 0. The van der Waals surface area contributed by atoms with Crippen molar-refractivity contribution in [3.8, 4) is 0 Å². The quantitative estimate of drug-likeness (QED) is 0.889. The Hall–Kier alpha value is -1.35. The first kappa shape index (κ1) is 13.1. The standard InChI is InChI=1S/C15H21NO2/c1-11-8-9-16(14(11)15(17)18)10-12(2)13-6-4-3-5-7-13/h3-7,11-12,14H,8-10H2,1-2H3,(H,17,18). The monoisotopic (exact) mass is 247 g/mol. The number of hydrogen-bond donors (Lipinski definition) is 1. The van der Waals surface area contributed by atoms with Gasteiger partial charge in [0, 0.05) is 6.54 Å². The molecule has 0 spiro atoms. The van der Waals surface area contributed by atoms with Gasteiger partial charge in [-0.1, -0.05) is 44.2 Å². The number of hydrogen-bond acceptors (Lipinski definition) is 2. The van der Waals surface area contributed by atoms with Crippen LogP contribution < -0.4 is 0 Å². The molecule has 1 saturated heterocycles. The molecule has 0 bridgehead atoms. The average Bonchev–Trinajstić information content (AvgIpc) is 2.71. The van der Waals surface area contributed by atoms with Crippen molar-refractivity contribution < 1.29 is 9.90 Å². The highest BCUT2D eigenvalue weighted by atomic mass is 16.4. The van der Waals surface area contributed by atoms with Gasteiger partial charge in [-0.2, -0.15) is 0 Å². The second-order valence-corrected chi connectivity index (χ2v) is 5.36. The second-order valence-electron chi connectivity index (χ2n) is 5.36. The lowest BCUT2D eigenvalue weighted by Gasteiger charge is -2.26. The van der Waals surface area contributed by atoms with Gasteiger partial charge in [0.2, 0.25) is 0 Å². The van der Waals surface area contributed by atoms with E-state index in [9.17, 15) is 9.90 Å². The molecule has 1 N–H and O–H groups in total. The Bertz CT molecular complexity index is 404. The molecule has 1 aromatic carbocycles. The first-order chi connectivity index (χ1) is 8.59. The van der Waals surface area contributed by atoms with Gasteiger partial charge in [0.05, 0.1) is 0 Å². The summed E-state index contributed by atoms with van der Waals surface area (Å²) in [6, 6.07) is 9.99. The fourth-order valence-corrected chi connectivity index (χ4v) is 2.87. The van der Waals surface area contributed by atoms with Crippen LogP contribution in [0.1, 0.15) is 31.7 Å². The van der Waals surface area contributed by atoms with Crippen LogP contribution in [-0.2, 0) is 4.79 Å². The number of likely N-dealkylation sites (tertiary alicyclic amines) is 1. The zero-order valence-corrected chi connectivity index (χ0v) is 11.0. The Balaban J connectivity index is 2.03.